The third-order valence-electron chi connectivity index (χ3n) is 2.98. The number of esters is 2. The van der Waals surface area contributed by atoms with E-state index < -0.39 is 23.8 Å². The van der Waals surface area contributed by atoms with Crippen LogP contribution in [-0.4, -0.2) is 25.2 Å². The molecular weight excluding hydrogens is 263 g/mol. The van der Waals surface area contributed by atoms with Crippen LogP contribution in [0.15, 0.2) is 24.3 Å². The highest BCUT2D eigenvalue weighted by atomic mass is 19.1. The zero-order valence-electron chi connectivity index (χ0n) is 11.9. The fourth-order valence-electron chi connectivity index (χ4n) is 1.93. The molecule has 4 nitrogen and oxygen atoms in total. The van der Waals surface area contributed by atoms with Crippen molar-refractivity contribution in [3.8, 4) is 0 Å². The Morgan fingerprint density at radius 1 is 1.05 bits per heavy atom. The molecule has 0 fully saturated rings. The molecule has 5 heteroatoms. The summed E-state index contributed by atoms with van der Waals surface area (Å²) in [5.74, 6) is -3.11. The lowest BCUT2D eigenvalue weighted by Crippen LogP contribution is -2.32. The van der Waals surface area contributed by atoms with Crippen molar-refractivity contribution in [2.45, 2.75) is 26.7 Å². The number of halogens is 1. The van der Waals surface area contributed by atoms with Gasteiger partial charge in [-0.2, -0.15) is 0 Å². The summed E-state index contributed by atoms with van der Waals surface area (Å²) in [6.07, 6.45) is 0. The van der Waals surface area contributed by atoms with Crippen molar-refractivity contribution in [1.82, 2.24) is 0 Å². The van der Waals surface area contributed by atoms with Crippen LogP contribution >= 0.6 is 0 Å². The van der Waals surface area contributed by atoms with E-state index in [-0.39, 0.29) is 19.0 Å². The summed E-state index contributed by atoms with van der Waals surface area (Å²) in [6.45, 7) is 5.42. The fraction of sp³-hybridized carbons (Fsp3) is 0.467. The SMILES string of the molecule is CCOC(=O)C(C(=O)OCC)C(C)c1ccc(F)cc1. The average Bonchev–Trinajstić information content (AvgIpc) is 2.40. The molecule has 0 aromatic heterocycles. The molecule has 0 saturated heterocycles. The molecule has 1 aromatic carbocycles. The lowest BCUT2D eigenvalue weighted by atomic mass is 9.87. The maximum Gasteiger partial charge on any atom is 0.320 e. The van der Waals surface area contributed by atoms with Crippen molar-refractivity contribution in [2.24, 2.45) is 5.92 Å². The molecule has 0 spiro atoms. The lowest BCUT2D eigenvalue weighted by molar-refractivity contribution is -0.162. The molecule has 0 heterocycles. The molecule has 110 valence electrons. The van der Waals surface area contributed by atoms with E-state index in [9.17, 15) is 14.0 Å². The van der Waals surface area contributed by atoms with Gasteiger partial charge in [0.05, 0.1) is 13.2 Å². The molecule has 0 radical (unpaired) electrons. The van der Waals surface area contributed by atoms with Crippen LogP contribution in [0.1, 0.15) is 32.3 Å². The van der Waals surface area contributed by atoms with Gasteiger partial charge in [0.1, 0.15) is 5.82 Å². The monoisotopic (exact) mass is 282 g/mol. The summed E-state index contributed by atoms with van der Waals surface area (Å²) in [5.41, 5.74) is 0.678. The molecular formula is C15H19FO4. The highest BCUT2D eigenvalue weighted by molar-refractivity contribution is 5.96. The van der Waals surface area contributed by atoms with Crippen LogP contribution in [-0.2, 0) is 19.1 Å². The maximum absolute atomic E-state index is 12.9. The molecule has 1 aromatic rings. The van der Waals surface area contributed by atoms with E-state index >= 15 is 0 Å². The Hall–Kier alpha value is -1.91. The standard InChI is InChI=1S/C15H19FO4/c1-4-19-14(17)13(15(18)20-5-2)10(3)11-6-8-12(16)9-7-11/h6-10,13H,4-5H2,1-3H3. The topological polar surface area (TPSA) is 52.6 Å². The number of rotatable bonds is 6. The Bertz CT molecular complexity index is 437. The predicted octanol–water partition coefficient (Wildman–Crippen LogP) is 2.67. The van der Waals surface area contributed by atoms with Crippen molar-refractivity contribution >= 4 is 11.9 Å². The number of benzene rings is 1. The maximum atomic E-state index is 12.9. The summed E-state index contributed by atoms with van der Waals surface area (Å²) >= 11 is 0. The third kappa shape index (κ3) is 4.05. The molecule has 0 aliphatic rings. The van der Waals surface area contributed by atoms with E-state index in [1.807, 2.05) is 0 Å². The first-order valence-electron chi connectivity index (χ1n) is 6.60. The highest BCUT2D eigenvalue weighted by Gasteiger charge is 2.35. The first kappa shape index (κ1) is 16.1. The number of carbonyl (C=O) groups is 2. The Kier molecular flexibility index (Phi) is 6.15. The average molecular weight is 282 g/mol. The first-order chi connectivity index (χ1) is 9.51. The van der Waals surface area contributed by atoms with E-state index in [0.717, 1.165) is 0 Å². The van der Waals surface area contributed by atoms with Crippen LogP contribution in [0.4, 0.5) is 4.39 Å². The van der Waals surface area contributed by atoms with Gasteiger partial charge in [0, 0.05) is 5.92 Å². The van der Waals surface area contributed by atoms with Gasteiger partial charge in [-0.3, -0.25) is 9.59 Å². The van der Waals surface area contributed by atoms with Crippen LogP contribution in [0.3, 0.4) is 0 Å². The molecule has 0 aliphatic heterocycles. The summed E-state index contributed by atoms with van der Waals surface area (Å²) in [7, 11) is 0. The zero-order valence-corrected chi connectivity index (χ0v) is 11.9. The van der Waals surface area contributed by atoms with Crippen molar-refractivity contribution < 1.29 is 23.5 Å². The van der Waals surface area contributed by atoms with Gasteiger partial charge < -0.3 is 9.47 Å². The van der Waals surface area contributed by atoms with E-state index in [2.05, 4.69) is 0 Å². The van der Waals surface area contributed by atoms with Crippen molar-refractivity contribution in [1.29, 1.82) is 0 Å². The molecule has 0 aliphatic carbocycles. The van der Waals surface area contributed by atoms with E-state index in [4.69, 9.17) is 9.47 Å². The van der Waals surface area contributed by atoms with Gasteiger partial charge >= 0.3 is 11.9 Å². The second-order valence-electron chi connectivity index (χ2n) is 4.32. The minimum atomic E-state index is -1.04. The molecule has 0 amide bonds. The van der Waals surface area contributed by atoms with Crippen LogP contribution in [0.2, 0.25) is 0 Å². The van der Waals surface area contributed by atoms with Gasteiger partial charge in [-0.25, -0.2) is 4.39 Å². The van der Waals surface area contributed by atoms with Crippen LogP contribution in [0, 0.1) is 11.7 Å². The van der Waals surface area contributed by atoms with Gasteiger partial charge in [-0.15, -0.1) is 0 Å². The van der Waals surface area contributed by atoms with E-state index in [0.29, 0.717) is 5.56 Å². The lowest BCUT2D eigenvalue weighted by Gasteiger charge is -2.21. The predicted molar refractivity (Wildman–Crippen MR) is 71.6 cm³/mol. The van der Waals surface area contributed by atoms with E-state index in [1.54, 1.807) is 32.9 Å². The number of hydrogen-bond acceptors (Lipinski definition) is 4. The van der Waals surface area contributed by atoms with Crippen molar-refractivity contribution in [2.75, 3.05) is 13.2 Å². The fourth-order valence-corrected chi connectivity index (χ4v) is 1.93. The summed E-state index contributed by atoms with van der Waals surface area (Å²) in [5, 5.41) is 0. The van der Waals surface area contributed by atoms with Gasteiger partial charge in [0.25, 0.3) is 0 Å². The van der Waals surface area contributed by atoms with Crippen LogP contribution < -0.4 is 0 Å². The van der Waals surface area contributed by atoms with Gasteiger partial charge in [-0.05, 0) is 31.5 Å². The molecule has 0 saturated carbocycles. The van der Waals surface area contributed by atoms with Crippen LogP contribution in [0.5, 0.6) is 0 Å². The molecule has 0 bridgehead atoms. The van der Waals surface area contributed by atoms with Crippen LogP contribution in [0.25, 0.3) is 0 Å². The highest BCUT2D eigenvalue weighted by Crippen LogP contribution is 2.27. The van der Waals surface area contributed by atoms with Gasteiger partial charge in [0.2, 0.25) is 0 Å². The zero-order chi connectivity index (χ0) is 15.1. The van der Waals surface area contributed by atoms with Crippen molar-refractivity contribution in [3.05, 3.63) is 35.6 Å². The van der Waals surface area contributed by atoms with E-state index in [1.165, 1.54) is 12.1 Å². The minimum absolute atomic E-state index is 0.185. The third-order valence-corrected chi connectivity index (χ3v) is 2.98. The Morgan fingerprint density at radius 2 is 1.50 bits per heavy atom. The number of carbonyl (C=O) groups excluding carboxylic acids is 2. The smallest absolute Gasteiger partial charge is 0.320 e. The summed E-state index contributed by atoms with van der Waals surface area (Å²) in [6, 6.07) is 5.68. The Morgan fingerprint density at radius 3 is 1.90 bits per heavy atom. The second kappa shape index (κ2) is 7.62. The second-order valence-corrected chi connectivity index (χ2v) is 4.32. The molecule has 0 N–H and O–H groups in total. The van der Waals surface area contributed by atoms with Crippen molar-refractivity contribution in [3.63, 3.8) is 0 Å². The normalized spacial score (nSPS) is 12.1. The van der Waals surface area contributed by atoms with Gasteiger partial charge in [0.15, 0.2) is 5.92 Å². The Balaban J connectivity index is 2.99. The minimum Gasteiger partial charge on any atom is -0.465 e. The summed E-state index contributed by atoms with van der Waals surface area (Å²) in [4.78, 5) is 23.9. The molecule has 1 unspecified atom stereocenters. The number of hydrogen-bond donors (Lipinski definition) is 0. The Labute approximate surface area is 117 Å². The molecule has 1 atom stereocenters. The number of ether oxygens (including phenoxy) is 2. The molecule has 20 heavy (non-hydrogen) atoms. The summed E-state index contributed by atoms with van der Waals surface area (Å²) < 4.78 is 22.8. The first-order valence-corrected chi connectivity index (χ1v) is 6.60. The molecule has 1 rings (SSSR count). The van der Waals surface area contributed by atoms with Gasteiger partial charge in [-0.1, -0.05) is 19.1 Å². The largest absolute Gasteiger partial charge is 0.465 e. The quantitative estimate of drug-likeness (QED) is 0.594.